The van der Waals surface area contributed by atoms with E-state index >= 15 is 0 Å². The molecule has 2 N–H and O–H groups in total. The summed E-state index contributed by atoms with van der Waals surface area (Å²) in [6, 6.07) is 26.8. The van der Waals surface area contributed by atoms with Gasteiger partial charge < -0.3 is 10.2 Å². The van der Waals surface area contributed by atoms with Crippen LogP contribution in [0.4, 0.5) is 37.7 Å². The van der Waals surface area contributed by atoms with Gasteiger partial charge in [-0.3, -0.25) is 0 Å². The van der Waals surface area contributed by atoms with Crippen LogP contribution in [-0.2, 0) is 31.7 Å². The Balaban J connectivity index is 0.000000755. The van der Waals surface area contributed by atoms with Crippen LogP contribution in [0.3, 0.4) is 0 Å². The summed E-state index contributed by atoms with van der Waals surface area (Å²) in [7, 11) is 7.98. The van der Waals surface area contributed by atoms with E-state index in [0.29, 0.717) is 17.5 Å². The van der Waals surface area contributed by atoms with Crippen molar-refractivity contribution in [1.82, 2.24) is 9.62 Å². The molecule has 0 aliphatic carbocycles. The first-order valence-electron chi connectivity index (χ1n) is 16.0. The zero-order chi connectivity index (χ0) is 37.8. The van der Waals surface area contributed by atoms with Crippen molar-refractivity contribution in [2.24, 2.45) is 0 Å². The molecule has 0 aromatic heterocycles. The van der Waals surface area contributed by atoms with Gasteiger partial charge in [0.1, 0.15) is 0 Å². The molecule has 1 heterocycles. The van der Waals surface area contributed by atoms with Crippen LogP contribution in [-0.4, -0.2) is 78.1 Å². The van der Waals surface area contributed by atoms with E-state index in [4.69, 9.17) is 10.2 Å². The van der Waals surface area contributed by atoms with Gasteiger partial charge in [-0.05, 0) is 20.3 Å². The maximum atomic E-state index is 13.0. The first kappa shape index (κ1) is 40.4. The maximum absolute atomic E-state index is 13.0. The van der Waals surface area contributed by atoms with E-state index in [-0.39, 0.29) is 26.0 Å². The Morgan fingerprint density at radius 2 is 1.00 bits per heavy atom. The number of hydrogen-bond donors (Lipinski definition) is 2. The fourth-order valence-corrected chi connectivity index (χ4v) is 6.99. The van der Waals surface area contributed by atoms with Crippen LogP contribution in [0.2, 0.25) is 0 Å². The summed E-state index contributed by atoms with van der Waals surface area (Å²) in [4.78, 5) is 8.58. The number of alkyl halides is 6. The molecule has 0 amide bonds. The third-order valence-corrected chi connectivity index (χ3v) is 9.29. The molecule has 1 aliphatic rings. The summed E-state index contributed by atoms with van der Waals surface area (Å²) in [6.45, 7) is 3.05. The number of anilines is 2. The molecule has 274 valence electrons. The van der Waals surface area contributed by atoms with E-state index in [0.717, 1.165) is 50.9 Å². The third-order valence-electron chi connectivity index (χ3n) is 8.20. The number of halogens is 6. The van der Waals surface area contributed by atoms with Crippen molar-refractivity contribution < 1.29 is 55.9 Å². The standard InChI is InChI=1S/C31H27B2F6N4.C5H12O2.Pt/c1-40(2)32-33(41(3)4)43(29-19-11-25(12-20-29)23-7-15-27(16-8-23)31(37,38)39)21-42(32)28-17-9-24(10-18-28)22-5-13-26(14-6-22)30(34,35)36;1-4(6)3-5(2)7;/h5-19H,1-4H3;4-7H,3H2,1-2H3;/q-1;;. The summed E-state index contributed by atoms with van der Waals surface area (Å²) in [5.41, 5.74) is 3.20. The first-order valence-corrected chi connectivity index (χ1v) is 17.2. The second kappa shape index (κ2) is 16.5. The second-order valence-corrected chi connectivity index (χ2v) is 13.8. The van der Waals surface area contributed by atoms with Crippen molar-refractivity contribution in [3.8, 4) is 22.3 Å². The Bertz CT molecular complexity index is 1610. The molecule has 0 saturated carbocycles. The zero-order valence-electron chi connectivity index (χ0n) is 28.9. The molecule has 5 rings (SSSR count). The van der Waals surface area contributed by atoms with Gasteiger partial charge in [-0.25, -0.2) is 0 Å². The van der Waals surface area contributed by atoms with Crippen LogP contribution in [0.15, 0.2) is 91.0 Å². The summed E-state index contributed by atoms with van der Waals surface area (Å²) < 4.78 is 79.0. The van der Waals surface area contributed by atoms with Gasteiger partial charge in [0, 0.05) is 0 Å². The van der Waals surface area contributed by atoms with Gasteiger partial charge in [0.25, 0.3) is 0 Å². The Labute approximate surface area is 306 Å². The average Bonchev–Trinajstić information content (AvgIpc) is 3.37. The van der Waals surface area contributed by atoms with Gasteiger partial charge in [0.05, 0.1) is 12.2 Å². The van der Waals surface area contributed by atoms with Crippen molar-refractivity contribution in [2.45, 2.75) is 44.8 Å². The molecule has 2 atom stereocenters. The van der Waals surface area contributed by atoms with Crippen LogP contribution in [0, 0.1) is 6.07 Å². The van der Waals surface area contributed by atoms with Crippen LogP contribution in [0.5, 0.6) is 0 Å². The summed E-state index contributed by atoms with van der Waals surface area (Å²) >= 11 is 2.28. The molecule has 1 saturated heterocycles. The van der Waals surface area contributed by atoms with E-state index in [1.54, 1.807) is 19.9 Å². The predicted octanol–water partition coefficient (Wildman–Crippen LogP) is 7.14. The van der Waals surface area contributed by atoms with Gasteiger partial charge in [0.15, 0.2) is 0 Å². The van der Waals surface area contributed by atoms with E-state index in [1.165, 1.54) is 24.3 Å². The first-order chi connectivity index (χ1) is 23.8. The molecule has 1 aliphatic heterocycles. The topological polar surface area (TPSA) is 53.4 Å². The predicted molar refractivity (Wildman–Crippen MR) is 189 cm³/mol. The van der Waals surface area contributed by atoms with E-state index in [2.05, 4.69) is 44.7 Å². The number of aliphatic hydroxyl groups is 2. The van der Waals surface area contributed by atoms with Crippen molar-refractivity contribution in [3.05, 3.63) is 108 Å². The molecule has 4 aromatic carbocycles. The van der Waals surface area contributed by atoms with E-state index in [1.807, 2.05) is 64.6 Å². The van der Waals surface area contributed by atoms with Crippen LogP contribution in [0.25, 0.3) is 22.3 Å². The molecular weight excluding hydrogens is 851 g/mol. The minimum atomic E-state index is -4.39. The molecule has 0 bridgehead atoms. The van der Waals surface area contributed by atoms with Gasteiger partial charge >= 0.3 is 265 Å². The number of aliphatic hydroxyl groups excluding tert-OH is 2. The summed E-state index contributed by atoms with van der Waals surface area (Å²) in [5.74, 6) is 0. The second-order valence-electron chi connectivity index (χ2n) is 12.8. The Kier molecular flexibility index (Phi) is 13.1. The van der Waals surface area contributed by atoms with Crippen LogP contribution >= 0.6 is 0 Å². The monoisotopic (exact) mass is 890 g/mol. The molecular formula is C36H39B2F6N4O2Pt-. The number of rotatable bonds is 8. The van der Waals surface area contributed by atoms with Gasteiger partial charge in [0.2, 0.25) is 0 Å². The third kappa shape index (κ3) is 9.93. The molecule has 1 fully saturated rings. The van der Waals surface area contributed by atoms with Crippen LogP contribution in [0.1, 0.15) is 31.4 Å². The number of hydrogen-bond acceptors (Lipinski definition) is 6. The fourth-order valence-electron chi connectivity index (χ4n) is 5.82. The molecule has 0 radical (unpaired) electrons. The van der Waals surface area contributed by atoms with E-state index < -0.39 is 23.5 Å². The van der Waals surface area contributed by atoms with E-state index in [9.17, 15) is 26.3 Å². The summed E-state index contributed by atoms with van der Waals surface area (Å²) in [6.07, 6.45) is -9.06. The van der Waals surface area contributed by atoms with Crippen molar-refractivity contribution in [2.75, 3.05) is 37.8 Å². The molecule has 4 aromatic rings. The normalized spacial score (nSPS) is 15.1. The quantitative estimate of drug-likeness (QED) is 0.112. The minimum absolute atomic E-state index is 0.127. The van der Waals surface area contributed by atoms with Crippen LogP contribution < -0.4 is 9.62 Å². The van der Waals surface area contributed by atoms with Gasteiger partial charge in [-0.15, -0.1) is 0 Å². The molecule has 0 spiro atoms. The van der Waals surface area contributed by atoms with Crippen molar-refractivity contribution in [1.29, 1.82) is 0 Å². The SMILES string of the molecule is CC(O)CC(C)O.CN(C)B1B(N(C)C)N(c2ccc(-c3ccc(C(F)(F)F)cc3)cc2)[C](=[Pt])N1c1[c-]cc(-c2ccc(C(F)(F)F)cc2)cc1. The number of nitrogens with zero attached hydrogens (tertiary/aromatic N) is 4. The Morgan fingerprint density at radius 1 is 0.627 bits per heavy atom. The molecule has 15 heteroatoms. The number of benzene rings is 4. The summed E-state index contributed by atoms with van der Waals surface area (Å²) in [5, 5.41) is 17.1. The fraction of sp³-hybridized carbons (Fsp3) is 0.306. The van der Waals surface area contributed by atoms with Gasteiger partial charge in [-0.2, -0.15) is 0 Å². The van der Waals surface area contributed by atoms with Crippen molar-refractivity contribution >= 4 is 29.3 Å². The Hall–Kier alpha value is -3.41. The average molecular weight is 890 g/mol. The van der Waals surface area contributed by atoms with Crippen molar-refractivity contribution in [3.63, 3.8) is 0 Å². The molecule has 2 unspecified atom stereocenters. The molecule has 6 nitrogen and oxygen atoms in total. The zero-order valence-corrected chi connectivity index (χ0v) is 31.2. The Morgan fingerprint density at radius 3 is 1.33 bits per heavy atom. The molecule has 51 heavy (non-hydrogen) atoms. The van der Waals surface area contributed by atoms with Gasteiger partial charge in [-0.1, -0.05) is 0 Å².